The fourth-order valence-corrected chi connectivity index (χ4v) is 7.43. The van der Waals surface area contributed by atoms with Crippen LogP contribution in [0.1, 0.15) is 24.2 Å². The van der Waals surface area contributed by atoms with E-state index in [4.69, 9.17) is 20.3 Å². The van der Waals surface area contributed by atoms with Gasteiger partial charge < -0.3 is 40.7 Å². The first-order valence-corrected chi connectivity index (χ1v) is 13.5. The van der Waals surface area contributed by atoms with Crippen molar-refractivity contribution in [3.05, 3.63) is 16.3 Å². The summed E-state index contributed by atoms with van der Waals surface area (Å²) >= 11 is 5.96. The molecule has 1 aromatic carbocycles. The average Bonchev–Trinajstić information content (AvgIpc) is 2.80. The third-order valence-electron chi connectivity index (χ3n) is 4.91. The highest BCUT2D eigenvalue weighted by Crippen LogP contribution is 2.40. The first kappa shape index (κ1) is 29.2. The summed E-state index contributed by atoms with van der Waals surface area (Å²) in [5.41, 5.74) is 7.25. The highest BCUT2D eigenvalue weighted by atomic mass is 127. The van der Waals surface area contributed by atoms with Gasteiger partial charge in [-0.25, -0.2) is 0 Å². The predicted octanol–water partition coefficient (Wildman–Crippen LogP) is 1.14. The van der Waals surface area contributed by atoms with Crippen molar-refractivity contribution in [1.29, 1.82) is 0 Å². The van der Waals surface area contributed by atoms with Crippen molar-refractivity contribution in [2.24, 2.45) is 11.8 Å². The molecule has 0 radical (unpaired) electrons. The molecule has 1 atom stereocenters. The molecule has 0 aliphatic carbocycles. The molecule has 33 heavy (non-hydrogen) atoms. The lowest BCUT2D eigenvalue weighted by atomic mass is 10.1. The molecule has 1 aromatic rings. The van der Waals surface area contributed by atoms with E-state index in [-0.39, 0.29) is 50.3 Å². The van der Waals surface area contributed by atoms with Gasteiger partial charge in [-0.3, -0.25) is 9.59 Å². The molecule has 1 aliphatic rings. The third-order valence-corrected chi connectivity index (χ3v) is 8.17. The Morgan fingerprint density at radius 3 is 2.27 bits per heavy atom. The number of carbonyl (C=O) groups excluding carboxylic acids is 2. The molecule has 10 nitrogen and oxygen atoms in total. The summed E-state index contributed by atoms with van der Waals surface area (Å²) in [5.74, 6) is -1.32. The van der Waals surface area contributed by atoms with Gasteiger partial charge in [-0.05, 0) is 67.8 Å². The molecule has 2 rings (SSSR count). The summed E-state index contributed by atoms with van der Waals surface area (Å²) in [6.45, 7) is 3.29. The molecule has 2 amide bonds. The van der Waals surface area contributed by atoms with E-state index in [0.29, 0.717) is 22.1 Å². The molecule has 1 saturated heterocycles. The van der Waals surface area contributed by atoms with Crippen LogP contribution in [0.25, 0.3) is 0 Å². The number of ether oxygens (including phenoxy) is 2. The molecular weight excluding hydrogens is 775 g/mol. The van der Waals surface area contributed by atoms with E-state index in [9.17, 15) is 19.8 Å². The predicted molar refractivity (Wildman–Crippen MR) is 148 cm³/mol. The van der Waals surface area contributed by atoms with Gasteiger partial charge >= 0.3 is 0 Å². The summed E-state index contributed by atoms with van der Waals surface area (Å²) in [6.07, 6.45) is -1.61. The van der Waals surface area contributed by atoms with Crippen LogP contribution in [0.4, 0.5) is 11.4 Å². The maximum absolute atomic E-state index is 13.6. The van der Waals surface area contributed by atoms with E-state index in [1.807, 2.05) is 81.6 Å². The van der Waals surface area contributed by atoms with Crippen LogP contribution in [0.15, 0.2) is 0 Å². The largest absolute Gasteiger partial charge is 0.397 e. The number of anilines is 2. The van der Waals surface area contributed by atoms with Gasteiger partial charge in [-0.15, -0.1) is 0 Å². The van der Waals surface area contributed by atoms with E-state index in [2.05, 4.69) is 5.32 Å². The van der Waals surface area contributed by atoms with Gasteiger partial charge in [0, 0.05) is 12.5 Å². The Bertz CT molecular complexity index is 864. The lowest BCUT2D eigenvalue weighted by Gasteiger charge is -2.35. The van der Waals surface area contributed by atoms with Gasteiger partial charge in [-0.1, -0.05) is 13.8 Å². The average molecular weight is 803 g/mol. The molecule has 13 heteroatoms. The molecule has 0 saturated carbocycles. The van der Waals surface area contributed by atoms with Crippen molar-refractivity contribution >= 4 is 91.0 Å². The van der Waals surface area contributed by atoms with Gasteiger partial charge in [-0.2, -0.15) is 0 Å². The minimum Gasteiger partial charge on any atom is -0.397 e. The van der Waals surface area contributed by atoms with Crippen molar-refractivity contribution in [2.75, 3.05) is 50.2 Å². The lowest BCUT2D eigenvalue weighted by molar-refractivity contribution is -0.217. The van der Waals surface area contributed by atoms with Crippen LogP contribution in [0.2, 0.25) is 0 Å². The molecule has 1 heterocycles. The fraction of sp³-hybridized carbons (Fsp3) is 0.600. The zero-order valence-corrected chi connectivity index (χ0v) is 24.7. The number of aliphatic hydroxyl groups is 3. The molecule has 186 valence electrons. The van der Waals surface area contributed by atoms with Crippen LogP contribution >= 0.6 is 67.8 Å². The molecule has 0 bridgehead atoms. The summed E-state index contributed by atoms with van der Waals surface area (Å²) < 4.78 is 12.9. The molecule has 1 unspecified atom stereocenters. The maximum atomic E-state index is 13.6. The summed E-state index contributed by atoms with van der Waals surface area (Å²) in [6, 6.07) is 0. The van der Waals surface area contributed by atoms with Crippen molar-refractivity contribution in [3.63, 3.8) is 0 Å². The van der Waals surface area contributed by atoms with E-state index in [0.717, 1.165) is 0 Å². The Balaban J connectivity index is 2.52. The van der Waals surface area contributed by atoms with Crippen LogP contribution in [0, 0.1) is 22.5 Å². The van der Waals surface area contributed by atoms with Crippen LogP contribution in [0.3, 0.4) is 0 Å². The first-order chi connectivity index (χ1) is 15.5. The van der Waals surface area contributed by atoms with E-state index >= 15 is 0 Å². The normalized spacial score (nSPS) is 19.4. The van der Waals surface area contributed by atoms with Crippen LogP contribution < -0.4 is 16.0 Å². The second-order valence-electron chi connectivity index (χ2n) is 7.82. The van der Waals surface area contributed by atoms with Gasteiger partial charge in [0.05, 0.1) is 72.6 Å². The number of amides is 2. The number of benzene rings is 1. The molecular formula is C20H28I3N3O7. The van der Waals surface area contributed by atoms with Crippen molar-refractivity contribution in [1.82, 2.24) is 5.32 Å². The number of nitrogens with zero attached hydrogens (tertiary/aromatic N) is 1. The zero-order valence-electron chi connectivity index (χ0n) is 18.2. The number of aliphatic hydroxyl groups excluding tert-OH is 3. The van der Waals surface area contributed by atoms with E-state index < -0.39 is 30.8 Å². The number of nitrogens with one attached hydrogen (secondary N) is 1. The monoisotopic (exact) mass is 803 g/mol. The number of nitrogens with two attached hydrogens (primary N) is 1. The molecule has 0 aromatic heterocycles. The smallest absolute Gasteiger partial charge is 0.253 e. The Labute approximate surface area is 233 Å². The Morgan fingerprint density at radius 2 is 1.76 bits per heavy atom. The standard InChI is InChI=1S/C20H28I3N3O7/c1-9(2)20-32-7-10(8-33-20)19(31)26(5-11(29)6-28)17-14(22)12(18(30)25-3-4-27)13(21)16(24)15(17)23/h9-11,20,27-29H,3-8,24H2,1-2H3,(H,25,30). The molecule has 0 spiro atoms. The number of hydrogen-bond acceptors (Lipinski definition) is 8. The van der Waals surface area contributed by atoms with Gasteiger partial charge in [0.25, 0.3) is 5.91 Å². The molecule has 1 aliphatic heterocycles. The number of rotatable bonds is 9. The number of nitrogen functional groups attached to an aromatic ring is 1. The first-order valence-electron chi connectivity index (χ1n) is 10.2. The SMILES string of the molecule is CC(C)C1OCC(C(=O)N(CC(O)CO)c2c(I)c(N)c(I)c(C(=O)NCCO)c2I)CO1. The zero-order chi connectivity index (χ0) is 24.9. The van der Waals surface area contributed by atoms with E-state index in [1.54, 1.807) is 0 Å². The summed E-state index contributed by atoms with van der Waals surface area (Å²) in [5, 5.41) is 31.3. The van der Waals surface area contributed by atoms with Crippen LogP contribution in [-0.2, 0) is 14.3 Å². The van der Waals surface area contributed by atoms with Crippen molar-refractivity contribution in [3.8, 4) is 0 Å². The Hall–Kier alpha value is -0.0500. The number of carbonyl (C=O) groups is 2. The summed E-state index contributed by atoms with van der Waals surface area (Å²) in [4.78, 5) is 27.7. The second kappa shape index (κ2) is 13.3. The minimum atomic E-state index is -1.21. The fourth-order valence-electron chi connectivity index (χ4n) is 3.19. The Morgan fingerprint density at radius 1 is 1.15 bits per heavy atom. The van der Waals surface area contributed by atoms with Crippen molar-refractivity contribution < 1.29 is 34.4 Å². The quantitative estimate of drug-likeness (QED) is 0.184. The van der Waals surface area contributed by atoms with Crippen LogP contribution in [0.5, 0.6) is 0 Å². The Kier molecular flexibility index (Phi) is 11.8. The lowest BCUT2D eigenvalue weighted by Crippen LogP contribution is -2.48. The van der Waals surface area contributed by atoms with Gasteiger partial charge in [0.2, 0.25) is 5.91 Å². The molecule has 1 fully saturated rings. The minimum absolute atomic E-state index is 0.0614. The topological polar surface area (TPSA) is 155 Å². The van der Waals surface area contributed by atoms with Gasteiger partial charge in [0.1, 0.15) is 0 Å². The van der Waals surface area contributed by atoms with E-state index in [1.165, 1.54) is 4.90 Å². The van der Waals surface area contributed by atoms with Crippen molar-refractivity contribution in [2.45, 2.75) is 26.2 Å². The van der Waals surface area contributed by atoms with Gasteiger partial charge in [0.15, 0.2) is 6.29 Å². The number of hydrogen-bond donors (Lipinski definition) is 5. The van der Waals surface area contributed by atoms with Crippen LogP contribution in [-0.4, -0.2) is 79.0 Å². The number of halogens is 3. The third kappa shape index (κ3) is 7.01. The second-order valence-corrected chi connectivity index (χ2v) is 11.1. The summed E-state index contributed by atoms with van der Waals surface area (Å²) in [7, 11) is 0. The highest BCUT2D eigenvalue weighted by molar-refractivity contribution is 14.1. The maximum Gasteiger partial charge on any atom is 0.253 e. The highest BCUT2D eigenvalue weighted by Gasteiger charge is 2.36. The molecule has 6 N–H and O–H groups in total.